The molecule has 0 aliphatic heterocycles. The van der Waals surface area contributed by atoms with Crippen LogP contribution in [0.4, 0.5) is 0 Å². The van der Waals surface area contributed by atoms with Crippen LogP contribution in [-0.4, -0.2) is 17.7 Å². The summed E-state index contributed by atoms with van der Waals surface area (Å²) in [5.74, 6) is -0.212. The van der Waals surface area contributed by atoms with Crippen LogP contribution in [0.2, 0.25) is 0 Å². The van der Waals surface area contributed by atoms with Crippen molar-refractivity contribution in [3.05, 3.63) is 29.8 Å². The summed E-state index contributed by atoms with van der Waals surface area (Å²) in [6.07, 6.45) is 1.92. The highest BCUT2D eigenvalue weighted by Gasteiger charge is 2.21. The Hall–Kier alpha value is -1.47. The van der Waals surface area contributed by atoms with Crippen LogP contribution in [0.3, 0.4) is 0 Å². The maximum Gasteiger partial charge on any atom is 0.253 e. The average Bonchev–Trinajstić information content (AvgIpc) is 2.28. The molecule has 1 amide bonds. The number of benzene rings is 1. The molecule has 4 heteroatoms. The van der Waals surface area contributed by atoms with Gasteiger partial charge in [-0.3, -0.25) is 4.79 Å². The Kier molecular flexibility index (Phi) is 3.97. The summed E-state index contributed by atoms with van der Waals surface area (Å²) in [6, 6.07) is 9.39. The van der Waals surface area contributed by atoms with Crippen molar-refractivity contribution in [3.63, 3.8) is 0 Å². The molecule has 0 bridgehead atoms. The Morgan fingerprint density at radius 3 is 2.62 bits per heavy atom. The summed E-state index contributed by atoms with van der Waals surface area (Å²) in [4.78, 5) is 12.8. The van der Waals surface area contributed by atoms with Crippen LogP contribution in [0.15, 0.2) is 29.2 Å². The van der Waals surface area contributed by atoms with Crippen molar-refractivity contribution >= 4 is 17.7 Å². The second-order valence-electron chi connectivity index (χ2n) is 3.89. The number of nitriles is 1. The zero-order valence-corrected chi connectivity index (χ0v) is 10.4. The molecule has 1 N–H and O–H groups in total. The lowest BCUT2D eigenvalue weighted by molar-refractivity contribution is 0.0926. The monoisotopic (exact) mass is 234 g/mol. The van der Waals surface area contributed by atoms with Gasteiger partial charge >= 0.3 is 0 Å². The first-order chi connectivity index (χ1) is 7.50. The standard InChI is InChI=1S/C12H14N2OS/c1-12(2,8-13)14-11(15)9-6-4-5-7-10(9)16-3/h4-7H,1-3H3,(H,14,15). The van der Waals surface area contributed by atoms with E-state index in [9.17, 15) is 4.79 Å². The molecule has 0 heterocycles. The molecule has 0 radical (unpaired) electrons. The van der Waals surface area contributed by atoms with Gasteiger partial charge in [-0.05, 0) is 32.2 Å². The summed E-state index contributed by atoms with van der Waals surface area (Å²) in [5.41, 5.74) is -0.235. The smallest absolute Gasteiger partial charge is 0.253 e. The summed E-state index contributed by atoms with van der Waals surface area (Å²) < 4.78 is 0. The van der Waals surface area contributed by atoms with E-state index < -0.39 is 5.54 Å². The fourth-order valence-electron chi connectivity index (χ4n) is 1.21. The second-order valence-corrected chi connectivity index (χ2v) is 4.74. The Bertz CT molecular complexity index is 435. The van der Waals surface area contributed by atoms with Crippen LogP contribution in [-0.2, 0) is 0 Å². The summed E-state index contributed by atoms with van der Waals surface area (Å²) in [5, 5.41) is 11.5. The lowest BCUT2D eigenvalue weighted by atomic mass is 10.1. The molecule has 1 rings (SSSR count). The minimum atomic E-state index is -0.845. The van der Waals surface area contributed by atoms with Gasteiger partial charge in [-0.1, -0.05) is 12.1 Å². The summed E-state index contributed by atoms with van der Waals surface area (Å²) >= 11 is 1.51. The third-order valence-electron chi connectivity index (χ3n) is 2.06. The SMILES string of the molecule is CSc1ccccc1C(=O)NC(C)(C)C#N. The molecule has 0 aliphatic rings. The van der Waals surface area contributed by atoms with Gasteiger partial charge < -0.3 is 5.32 Å². The largest absolute Gasteiger partial charge is 0.334 e. The van der Waals surface area contributed by atoms with Gasteiger partial charge in [0.2, 0.25) is 0 Å². The lowest BCUT2D eigenvalue weighted by Crippen LogP contribution is -2.42. The van der Waals surface area contributed by atoms with Gasteiger partial charge in [0.15, 0.2) is 0 Å². The van der Waals surface area contributed by atoms with Gasteiger partial charge in [-0.2, -0.15) is 5.26 Å². The van der Waals surface area contributed by atoms with Gasteiger partial charge in [0, 0.05) is 4.90 Å². The molecule has 3 nitrogen and oxygen atoms in total. The van der Waals surface area contributed by atoms with Crippen molar-refractivity contribution in [2.75, 3.05) is 6.26 Å². The second kappa shape index (κ2) is 5.04. The number of hydrogen-bond acceptors (Lipinski definition) is 3. The van der Waals surface area contributed by atoms with E-state index in [-0.39, 0.29) is 5.91 Å². The predicted octanol–water partition coefficient (Wildman–Crippen LogP) is 2.44. The van der Waals surface area contributed by atoms with Crippen LogP contribution < -0.4 is 5.32 Å². The van der Waals surface area contributed by atoms with Crippen LogP contribution in [0.25, 0.3) is 0 Å². The minimum absolute atomic E-state index is 0.212. The maximum absolute atomic E-state index is 11.9. The molecular weight excluding hydrogens is 220 g/mol. The van der Waals surface area contributed by atoms with E-state index in [0.29, 0.717) is 5.56 Å². The number of carbonyl (C=O) groups excluding carboxylic acids is 1. The van der Waals surface area contributed by atoms with E-state index in [2.05, 4.69) is 5.32 Å². The molecule has 0 saturated heterocycles. The molecule has 0 atom stereocenters. The maximum atomic E-state index is 11.9. The number of carbonyl (C=O) groups is 1. The number of hydrogen-bond donors (Lipinski definition) is 1. The Morgan fingerprint density at radius 2 is 2.06 bits per heavy atom. The van der Waals surface area contributed by atoms with Crippen molar-refractivity contribution < 1.29 is 4.79 Å². The molecule has 0 saturated carbocycles. The fraction of sp³-hybridized carbons (Fsp3) is 0.333. The van der Waals surface area contributed by atoms with Crippen molar-refractivity contribution in [1.82, 2.24) is 5.32 Å². The predicted molar refractivity (Wildman–Crippen MR) is 65.4 cm³/mol. The first kappa shape index (κ1) is 12.6. The van der Waals surface area contributed by atoms with E-state index in [1.54, 1.807) is 19.9 Å². The quantitative estimate of drug-likeness (QED) is 0.817. The molecule has 0 aromatic heterocycles. The molecule has 84 valence electrons. The number of thioether (sulfide) groups is 1. The van der Waals surface area contributed by atoms with Crippen LogP contribution in [0, 0.1) is 11.3 Å². The molecule has 1 aromatic carbocycles. The average molecular weight is 234 g/mol. The van der Waals surface area contributed by atoms with Crippen molar-refractivity contribution in [2.45, 2.75) is 24.3 Å². The Balaban J connectivity index is 2.94. The Morgan fingerprint density at radius 1 is 1.44 bits per heavy atom. The highest BCUT2D eigenvalue weighted by atomic mass is 32.2. The van der Waals surface area contributed by atoms with E-state index in [0.717, 1.165) is 4.90 Å². The first-order valence-corrected chi connectivity index (χ1v) is 6.09. The van der Waals surface area contributed by atoms with Crippen LogP contribution >= 0.6 is 11.8 Å². The van der Waals surface area contributed by atoms with Crippen LogP contribution in [0.5, 0.6) is 0 Å². The third kappa shape index (κ3) is 3.01. The normalized spacial score (nSPS) is 10.6. The molecule has 0 spiro atoms. The highest BCUT2D eigenvalue weighted by Crippen LogP contribution is 2.20. The van der Waals surface area contributed by atoms with Gasteiger partial charge in [-0.15, -0.1) is 11.8 Å². The van der Waals surface area contributed by atoms with E-state index in [1.807, 2.05) is 30.5 Å². The summed E-state index contributed by atoms with van der Waals surface area (Å²) in [6.45, 7) is 3.35. The number of amides is 1. The number of nitrogens with zero attached hydrogens (tertiary/aromatic N) is 1. The molecular formula is C12H14N2OS. The fourth-order valence-corrected chi connectivity index (χ4v) is 1.81. The number of nitrogens with one attached hydrogen (secondary N) is 1. The van der Waals surface area contributed by atoms with Gasteiger partial charge in [-0.25, -0.2) is 0 Å². The molecule has 1 aromatic rings. The zero-order chi connectivity index (χ0) is 12.2. The van der Waals surface area contributed by atoms with Crippen LogP contribution in [0.1, 0.15) is 24.2 Å². The van der Waals surface area contributed by atoms with Gasteiger partial charge in [0.25, 0.3) is 5.91 Å². The summed E-state index contributed by atoms with van der Waals surface area (Å²) in [7, 11) is 0. The lowest BCUT2D eigenvalue weighted by Gasteiger charge is -2.18. The van der Waals surface area contributed by atoms with Gasteiger partial charge in [0.05, 0.1) is 11.6 Å². The number of rotatable bonds is 3. The van der Waals surface area contributed by atoms with Crippen molar-refractivity contribution in [2.24, 2.45) is 0 Å². The molecule has 0 fully saturated rings. The topological polar surface area (TPSA) is 52.9 Å². The third-order valence-corrected chi connectivity index (χ3v) is 2.85. The highest BCUT2D eigenvalue weighted by molar-refractivity contribution is 7.98. The zero-order valence-electron chi connectivity index (χ0n) is 9.57. The van der Waals surface area contributed by atoms with E-state index in [4.69, 9.17) is 5.26 Å². The van der Waals surface area contributed by atoms with E-state index in [1.165, 1.54) is 11.8 Å². The first-order valence-electron chi connectivity index (χ1n) is 4.87. The van der Waals surface area contributed by atoms with Gasteiger partial charge in [0.1, 0.15) is 5.54 Å². The van der Waals surface area contributed by atoms with Crippen molar-refractivity contribution in [1.29, 1.82) is 5.26 Å². The minimum Gasteiger partial charge on any atom is -0.334 e. The van der Waals surface area contributed by atoms with Crippen molar-refractivity contribution in [3.8, 4) is 6.07 Å². The molecule has 0 unspecified atom stereocenters. The Labute approximate surface area is 99.8 Å². The van der Waals surface area contributed by atoms with E-state index >= 15 is 0 Å². The molecule has 16 heavy (non-hydrogen) atoms. The molecule has 0 aliphatic carbocycles.